The number of hydrogen-bond acceptors (Lipinski definition) is 7. The standard InChI is InChI=1S/C15H21NO5S/c1-11(10-18-13-4-9-22-16-13)21-14(17)12-2-5-15(6-3-12)19-7-8-20-15/h4,9,11-12H,2-3,5-8,10H2,1H3. The Kier molecular flexibility index (Phi) is 4.95. The van der Waals surface area contributed by atoms with Gasteiger partial charge in [0.05, 0.1) is 19.1 Å². The zero-order chi connectivity index (χ0) is 15.4. The summed E-state index contributed by atoms with van der Waals surface area (Å²) in [7, 11) is 0. The molecule has 0 aromatic carbocycles. The Labute approximate surface area is 133 Å². The highest BCUT2D eigenvalue weighted by molar-refractivity contribution is 7.03. The van der Waals surface area contributed by atoms with Gasteiger partial charge in [-0.1, -0.05) is 0 Å². The Balaban J connectivity index is 1.40. The van der Waals surface area contributed by atoms with E-state index in [1.165, 1.54) is 11.5 Å². The highest BCUT2D eigenvalue weighted by Crippen LogP contribution is 2.38. The van der Waals surface area contributed by atoms with Crippen molar-refractivity contribution in [2.45, 2.75) is 44.5 Å². The Bertz CT molecular complexity index is 476. The summed E-state index contributed by atoms with van der Waals surface area (Å²) in [6, 6.07) is 1.79. The zero-order valence-electron chi connectivity index (χ0n) is 12.7. The molecule has 1 aromatic heterocycles. The Hall–Kier alpha value is -1.18. The van der Waals surface area contributed by atoms with Gasteiger partial charge in [-0.25, -0.2) is 0 Å². The van der Waals surface area contributed by atoms with Crippen LogP contribution in [0.15, 0.2) is 11.4 Å². The fourth-order valence-corrected chi connectivity index (χ4v) is 3.34. The van der Waals surface area contributed by atoms with Crippen LogP contribution in [-0.4, -0.2) is 42.1 Å². The van der Waals surface area contributed by atoms with Gasteiger partial charge in [-0.05, 0) is 31.3 Å². The van der Waals surface area contributed by atoms with E-state index in [4.69, 9.17) is 18.9 Å². The molecule has 2 fully saturated rings. The van der Waals surface area contributed by atoms with Crippen LogP contribution in [0.2, 0.25) is 0 Å². The van der Waals surface area contributed by atoms with Crippen molar-refractivity contribution in [3.8, 4) is 5.88 Å². The van der Waals surface area contributed by atoms with Crippen LogP contribution in [0, 0.1) is 5.92 Å². The molecule has 0 amide bonds. The average molecular weight is 327 g/mol. The predicted octanol–water partition coefficient (Wildman–Crippen LogP) is 2.39. The van der Waals surface area contributed by atoms with Crippen molar-refractivity contribution in [2.24, 2.45) is 5.92 Å². The molecule has 0 N–H and O–H groups in total. The largest absolute Gasteiger partial charge is 0.473 e. The molecule has 1 aliphatic carbocycles. The van der Waals surface area contributed by atoms with Crippen LogP contribution in [0.1, 0.15) is 32.6 Å². The lowest BCUT2D eigenvalue weighted by Crippen LogP contribution is -2.38. The average Bonchev–Trinajstić information content (AvgIpc) is 3.18. The predicted molar refractivity (Wildman–Crippen MR) is 79.8 cm³/mol. The summed E-state index contributed by atoms with van der Waals surface area (Å²) in [6.07, 6.45) is 2.73. The molecule has 2 heterocycles. The second kappa shape index (κ2) is 6.93. The van der Waals surface area contributed by atoms with Gasteiger partial charge < -0.3 is 18.9 Å². The molecule has 1 spiro atoms. The quantitative estimate of drug-likeness (QED) is 0.774. The first-order valence-corrected chi connectivity index (χ1v) is 8.52. The van der Waals surface area contributed by atoms with Crippen LogP contribution in [0.4, 0.5) is 0 Å². The first-order valence-electron chi connectivity index (χ1n) is 7.68. The lowest BCUT2D eigenvalue weighted by Gasteiger charge is -2.34. The molecule has 22 heavy (non-hydrogen) atoms. The molecule has 0 bridgehead atoms. The molecule has 7 heteroatoms. The Morgan fingerprint density at radius 3 is 2.82 bits per heavy atom. The number of carbonyl (C=O) groups is 1. The first-order chi connectivity index (χ1) is 10.7. The van der Waals surface area contributed by atoms with Crippen molar-refractivity contribution in [1.29, 1.82) is 0 Å². The number of aromatic nitrogens is 1. The highest BCUT2D eigenvalue weighted by atomic mass is 32.1. The second-order valence-electron chi connectivity index (χ2n) is 5.78. The molecule has 1 saturated carbocycles. The third-order valence-corrected chi connectivity index (χ3v) is 4.63. The topological polar surface area (TPSA) is 66.9 Å². The summed E-state index contributed by atoms with van der Waals surface area (Å²) in [6.45, 7) is 3.45. The first kappa shape index (κ1) is 15.7. The maximum Gasteiger partial charge on any atom is 0.309 e. The van der Waals surface area contributed by atoms with Gasteiger partial charge in [-0.15, -0.1) is 0 Å². The molecule has 1 aliphatic heterocycles. The molecule has 0 radical (unpaired) electrons. The van der Waals surface area contributed by atoms with Crippen molar-refractivity contribution < 1.29 is 23.7 Å². The van der Waals surface area contributed by atoms with Crippen molar-refractivity contribution in [1.82, 2.24) is 4.37 Å². The van der Waals surface area contributed by atoms with Crippen molar-refractivity contribution >= 4 is 17.5 Å². The number of ether oxygens (including phenoxy) is 4. The van der Waals surface area contributed by atoms with E-state index in [1.54, 1.807) is 6.07 Å². The SMILES string of the molecule is CC(COc1ccsn1)OC(=O)C1CCC2(CC1)OCCO2. The maximum absolute atomic E-state index is 12.2. The minimum Gasteiger partial charge on any atom is -0.473 e. The van der Waals surface area contributed by atoms with Crippen LogP contribution < -0.4 is 4.74 Å². The normalized spacial score (nSPS) is 22.6. The molecule has 1 aromatic rings. The molecule has 1 saturated heterocycles. The fourth-order valence-electron chi connectivity index (χ4n) is 2.89. The minimum absolute atomic E-state index is 0.0693. The molecule has 2 aliphatic rings. The van der Waals surface area contributed by atoms with Gasteiger partial charge >= 0.3 is 5.97 Å². The number of hydrogen-bond donors (Lipinski definition) is 0. The third kappa shape index (κ3) is 3.77. The lowest BCUT2D eigenvalue weighted by atomic mass is 9.85. The number of nitrogens with zero attached hydrogens (tertiary/aromatic N) is 1. The maximum atomic E-state index is 12.2. The highest BCUT2D eigenvalue weighted by Gasteiger charge is 2.42. The van der Waals surface area contributed by atoms with Gasteiger partial charge in [0.2, 0.25) is 5.88 Å². The summed E-state index contributed by atoms with van der Waals surface area (Å²) in [5.41, 5.74) is 0. The molecular weight excluding hydrogens is 306 g/mol. The van der Waals surface area contributed by atoms with Crippen molar-refractivity contribution in [3.05, 3.63) is 11.4 Å². The Morgan fingerprint density at radius 2 is 2.18 bits per heavy atom. The van der Waals surface area contributed by atoms with E-state index in [2.05, 4.69) is 4.37 Å². The van der Waals surface area contributed by atoms with E-state index >= 15 is 0 Å². The van der Waals surface area contributed by atoms with Crippen LogP contribution in [0.25, 0.3) is 0 Å². The monoisotopic (exact) mass is 327 g/mol. The van der Waals surface area contributed by atoms with E-state index in [-0.39, 0.29) is 18.0 Å². The second-order valence-corrected chi connectivity index (χ2v) is 6.44. The van der Waals surface area contributed by atoms with E-state index in [1.807, 2.05) is 12.3 Å². The molecule has 6 nitrogen and oxygen atoms in total. The van der Waals surface area contributed by atoms with Crippen LogP contribution in [-0.2, 0) is 19.0 Å². The van der Waals surface area contributed by atoms with E-state index in [9.17, 15) is 4.79 Å². The van der Waals surface area contributed by atoms with Crippen LogP contribution in [0.3, 0.4) is 0 Å². The molecular formula is C15H21NO5S. The lowest BCUT2D eigenvalue weighted by molar-refractivity contribution is -0.189. The number of carbonyl (C=O) groups excluding carboxylic acids is 1. The summed E-state index contributed by atoms with van der Waals surface area (Å²) >= 11 is 1.33. The molecule has 122 valence electrons. The van der Waals surface area contributed by atoms with Gasteiger partial charge in [0.25, 0.3) is 0 Å². The third-order valence-electron chi connectivity index (χ3n) is 4.09. The van der Waals surface area contributed by atoms with Gasteiger partial charge in [-0.3, -0.25) is 4.79 Å². The molecule has 1 atom stereocenters. The Morgan fingerprint density at radius 1 is 1.45 bits per heavy atom. The van der Waals surface area contributed by atoms with Gasteiger partial charge in [-0.2, -0.15) is 4.37 Å². The number of esters is 1. The summed E-state index contributed by atoms with van der Waals surface area (Å²) in [5.74, 6) is -0.0822. The van der Waals surface area contributed by atoms with Crippen molar-refractivity contribution in [2.75, 3.05) is 19.8 Å². The van der Waals surface area contributed by atoms with E-state index in [0.29, 0.717) is 25.7 Å². The zero-order valence-corrected chi connectivity index (χ0v) is 13.5. The van der Waals surface area contributed by atoms with Crippen LogP contribution >= 0.6 is 11.5 Å². The van der Waals surface area contributed by atoms with Gasteiger partial charge in [0.1, 0.15) is 12.7 Å². The summed E-state index contributed by atoms with van der Waals surface area (Å²) in [4.78, 5) is 12.2. The van der Waals surface area contributed by atoms with E-state index in [0.717, 1.165) is 25.7 Å². The van der Waals surface area contributed by atoms with Gasteiger partial charge in [0, 0.05) is 24.3 Å². The molecule has 1 unspecified atom stereocenters. The van der Waals surface area contributed by atoms with Crippen molar-refractivity contribution in [3.63, 3.8) is 0 Å². The summed E-state index contributed by atoms with van der Waals surface area (Å²) in [5, 5.41) is 1.84. The minimum atomic E-state index is -0.434. The van der Waals surface area contributed by atoms with Gasteiger partial charge in [0.15, 0.2) is 5.79 Å². The van der Waals surface area contributed by atoms with Crippen LogP contribution in [0.5, 0.6) is 5.88 Å². The fraction of sp³-hybridized carbons (Fsp3) is 0.733. The molecule has 3 rings (SSSR count). The van der Waals surface area contributed by atoms with E-state index < -0.39 is 5.79 Å². The number of rotatable bonds is 5. The smallest absolute Gasteiger partial charge is 0.309 e. The summed E-state index contributed by atoms with van der Waals surface area (Å²) < 4.78 is 26.3.